The molecule has 0 aliphatic carbocycles. The number of nitrogens with zero attached hydrogens (tertiary/aromatic N) is 2. The van der Waals surface area contributed by atoms with Crippen molar-refractivity contribution in [2.45, 2.75) is 40.3 Å². The molecule has 2 heterocycles. The molecule has 0 fully saturated rings. The molecule has 3 rings (SSSR count). The van der Waals surface area contributed by atoms with E-state index in [9.17, 15) is 14.4 Å². The van der Waals surface area contributed by atoms with Crippen molar-refractivity contribution in [2.24, 2.45) is 0 Å². The Morgan fingerprint density at radius 3 is 2.63 bits per heavy atom. The second-order valence-corrected chi connectivity index (χ2v) is 7.01. The van der Waals surface area contributed by atoms with Crippen LogP contribution in [0, 0.1) is 13.8 Å². The number of carbonyl (C=O) groups is 3. The molecule has 8 heteroatoms. The largest absolute Gasteiger partial charge is 0.453 e. The minimum atomic E-state index is -0.896. The van der Waals surface area contributed by atoms with Gasteiger partial charge in [0.15, 0.2) is 18.0 Å². The molecule has 1 atom stereocenters. The maximum atomic E-state index is 12.4. The first-order valence-electron chi connectivity index (χ1n) is 9.55. The minimum absolute atomic E-state index is 0.404. The molecule has 0 radical (unpaired) electrons. The molecule has 2 N–H and O–H groups in total. The number of fused-ring (bicyclic) bond motifs is 1. The lowest BCUT2D eigenvalue weighted by Gasteiger charge is -2.17. The van der Waals surface area contributed by atoms with Crippen molar-refractivity contribution in [3.05, 3.63) is 59.0 Å². The normalized spacial score (nSPS) is 11.7. The van der Waals surface area contributed by atoms with Gasteiger partial charge < -0.3 is 15.4 Å². The minimum Gasteiger partial charge on any atom is -0.453 e. The Hall–Kier alpha value is -3.68. The van der Waals surface area contributed by atoms with E-state index in [-0.39, 0.29) is 0 Å². The zero-order chi connectivity index (χ0) is 21.8. The summed E-state index contributed by atoms with van der Waals surface area (Å²) in [6.45, 7) is 6.95. The number of aromatic nitrogens is 2. The molecule has 0 aliphatic heterocycles. The number of esters is 1. The Bertz CT molecular complexity index is 1120. The molecule has 2 aromatic heterocycles. The zero-order valence-electron chi connectivity index (χ0n) is 17.4. The van der Waals surface area contributed by atoms with Crippen LogP contribution in [0.3, 0.4) is 0 Å². The lowest BCUT2D eigenvalue weighted by Crippen LogP contribution is -2.29. The SMILES string of the molecule is CC(=O)O[C@@H](C)C(=O)Nc1cccc(C)c1CNc1cccn2c(C=O)c(C)nc12. The van der Waals surface area contributed by atoms with Gasteiger partial charge in [0.2, 0.25) is 0 Å². The number of carbonyl (C=O) groups excluding carboxylic acids is 3. The highest BCUT2D eigenvalue weighted by Crippen LogP contribution is 2.24. The number of hydrogen-bond acceptors (Lipinski definition) is 6. The van der Waals surface area contributed by atoms with Gasteiger partial charge in [0.25, 0.3) is 5.91 Å². The molecule has 3 aromatic rings. The van der Waals surface area contributed by atoms with Crippen LogP contribution >= 0.6 is 0 Å². The molecular formula is C22H24N4O4. The van der Waals surface area contributed by atoms with Crippen LogP contribution in [-0.2, 0) is 20.9 Å². The lowest BCUT2D eigenvalue weighted by molar-refractivity contribution is -0.150. The van der Waals surface area contributed by atoms with Gasteiger partial charge in [-0.05, 0) is 50.1 Å². The van der Waals surface area contributed by atoms with Gasteiger partial charge in [0.05, 0.1) is 11.4 Å². The summed E-state index contributed by atoms with van der Waals surface area (Å²) < 4.78 is 6.69. The van der Waals surface area contributed by atoms with Gasteiger partial charge >= 0.3 is 5.97 Å². The summed E-state index contributed by atoms with van der Waals surface area (Å²) in [5, 5.41) is 6.18. The van der Waals surface area contributed by atoms with E-state index in [1.54, 1.807) is 23.6 Å². The first kappa shape index (κ1) is 21.0. The summed E-state index contributed by atoms with van der Waals surface area (Å²) in [6, 6.07) is 9.32. The number of imidazole rings is 1. The van der Waals surface area contributed by atoms with Gasteiger partial charge in [-0.15, -0.1) is 0 Å². The number of amides is 1. The molecule has 30 heavy (non-hydrogen) atoms. The van der Waals surface area contributed by atoms with Crippen molar-refractivity contribution in [1.29, 1.82) is 0 Å². The molecule has 8 nitrogen and oxygen atoms in total. The Kier molecular flexibility index (Phi) is 6.15. The lowest BCUT2D eigenvalue weighted by atomic mass is 10.1. The van der Waals surface area contributed by atoms with Gasteiger partial charge in [0, 0.05) is 25.4 Å². The van der Waals surface area contributed by atoms with Crippen LogP contribution in [0.2, 0.25) is 0 Å². The van der Waals surface area contributed by atoms with Crippen LogP contribution in [0.15, 0.2) is 36.5 Å². The van der Waals surface area contributed by atoms with Gasteiger partial charge in [-0.3, -0.25) is 18.8 Å². The fourth-order valence-electron chi connectivity index (χ4n) is 3.25. The van der Waals surface area contributed by atoms with E-state index < -0.39 is 18.0 Å². The number of aldehydes is 1. The monoisotopic (exact) mass is 408 g/mol. The van der Waals surface area contributed by atoms with E-state index in [1.165, 1.54) is 13.8 Å². The summed E-state index contributed by atoms with van der Waals surface area (Å²) in [6.07, 6.45) is 1.69. The number of pyridine rings is 1. The standard InChI is InChI=1S/C22H24N4O4/c1-13-7-5-8-18(25-22(29)15(3)30-16(4)28)17(13)11-23-19-9-6-10-26-20(12-27)14(2)24-21(19)26/h5-10,12,15,23H,11H2,1-4H3,(H,25,29)/t15-/m0/s1. The Morgan fingerprint density at radius 2 is 1.93 bits per heavy atom. The van der Waals surface area contributed by atoms with E-state index in [4.69, 9.17) is 4.74 Å². The van der Waals surface area contributed by atoms with Crippen molar-refractivity contribution >= 4 is 35.2 Å². The van der Waals surface area contributed by atoms with E-state index >= 15 is 0 Å². The number of rotatable bonds is 7. The van der Waals surface area contributed by atoms with E-state index in [1.807, 2.05) is 31.2 Å². The van der Waals surface area contributed by atoms with E-state index in [0.717, 1.165) is 23.1 Å². The highest BCUT2D eigenvalue weighted by molar-refractivity contribution is 5.95. The van der Waals surface area contributed by atoms with Crippen molar-refractivity contribution in [3.8, 4) is 0 Å². The molecule has 0 unspecified atom stereocenters. The number of benzene rings is 1. The van der Waals surface area contributed by atoms with Crippen LogP contribution in [0.4, 0.5) is 11.4 Å². The molecule has 0 aliphatic rings. The zero-order valence-corrected chi connectivity index (χ0v) is 17.4. The fourth-order valence-corrected chi connectivity index (χ4v) is 3.25. The quantitative estimate of drug-likeness (QED) is 0.460. The summed E-state index contributed by atoms with van der Waals surface area (Å²) >= 11 is 0. The number of ether oxygens (including phenoxy) is 1. The highest BCUT2D eigenvalue weighted by atomic mass is 16.5. The molecule has 0 saturated carbocycles. The van der Waals surface area contributed by atoms with Crippen LogP contribution < -0.4 is 10.6 Å². The topological polar surface area (TPSA) is 102 Å². The maximum Gasteiger partial charge on any atom is 0.303 e. The molecule has 156 valence electrons. The third-order valence-corrected chi connectivity index (χ3v) is 4.82. The Labute approximate surface area is 174 Å². The van der Waals surface area contributed by atoms with Crippen molar-refractivity contribution < 1.29 is 19.1 Å². The smallest absolute Gasteiger partial charge is 0.303 e. The maximum absolute atomic E-state index is 12.4. The van der Waals surface area contributed by atoms with Gasteiger partial charge in [0.1, 0.15) is 5.69 Å². The van der Waals surface area contributed by atoms with Crippen LogP contribution in [0.1, 0.15) is 41.2 Å². The highest BCUT2D eigenvalue weighted by Gasteiger charge is 2.18. The molecule has 1 amide bonds. The van der Waals surface area contributed by atoms with Crippen molar-refractivity contribution in [2.75, 3.05) is 10.6 Å². The predicted molar refractivity (Wildman–Crippen MR) is 114 cm³/mol. The average Bonchev–Trinajstić information content (AvgIpc) is 3.02. The van der Waals surface area contributed by atoms with Crippen molar-refractivity contribution in [1.82, 2.24) is 9.38 Å². The van der Waals surface area contributed by atoms with Gasteiger partial charge in [-0.2, -0.15) is 0 Å². The number of nitrogens with one attached hydrogen (secondary N) is 2. The third-order valence-electron chi connectivity index (χ3n) is 4.82. The molecule has 0 bridgehead atoms. The Morgan fingerprint density at radius 1 is 1.20 bits per heavy atom. The second kappa shape index (κ2) is 8.77. The Balaban J connectivity index is 1.84. The first-order chi connectivity index (χ1) is 14.3. The molecular weight excluding hydrogens is 384 g/mol. The number of hydrogen-bond donors (Lipinski definition) is 2. The van der Waals surface area contributed by atoms with E-state index in [0.29, 0.717) is 29.3 Å². The summed E-state index contributed by atoms with van der Waals surface area (Å²) in [5.41, 5.74) is 5.09. The van der Waals surface area contributed by atoms with Gasteiger partial charge in [-0.1, -0.05) is 12.1 Å². The summed E-state index contributed by atoms with van der Waals surface area (Å²) in [4.78, 5) is 39.3. The number of aryl methyl sites for hydroxylation is 2. The predicted octanol–water partition coefficient (Wildman–Crippen LogP) is 3.27. The fraction of sp³-hybridized carbons (Fsp3) is 0.273. The average molecular weight is 408 g/mol. The van der Waals surface area contributed by atoms with E-state index in [2.05, 4.69) is 15.6 Å². The van der Waals surface area contributed by atoms with Crippen LogP contribution in [0.5, 0.6) is 0 Å². The summed E-state index contributed by atoms with van der Waals surface area (Å²) in [5.74, 6) is -0.916. The van der Waals surface area contributed by atoms with Crippen molar-refractivity contribution in [3.63, 3.8) is 0 Å². The van der Waals surface area contributed by atoms with Crippen LogP contribution in [-0.4, -0.2) is 33.7 Å². The van der Waals surface area contributed by atoms with Gasteiger partial charge in [-0.25, -0.2) is 4.98 Å². The number of anilines is 2. The summed E-state index contributed by atoms with van der Waals surface area (Å²) in [7, 11) is 0. The molecule has 0 spiro atoms. The third kappa shape index (κ3) is 4.32. The molecule has 1 aromatic carbocycles. The van der Waals surface area contributed by atoms with Crippen LogP contribution in [0.25, 0.3) is 5.65 Å². The second-order valence-electron chi connectivity index (χ2n) is 7.01. The first-order valence-corrected chi connectivity index (χ1v) is 9.55. The molecule has 0 saturated heterocycles.